The first-order valence-electron chi connectivity index (χ1n) is 6.04. The van der Waals surface area contributed by atoms with E-state index in [1.54, 1.807) is 0 Å². The average Bonchev–Trinajstić information content (AvgIpc) is 3.17. The first-order valence-corrected chi connectivity index (χ1v) is 6.42. The molecule has 0 saturated heterocycles. The second-order valence-corrected chi connectivity index (χ2v) is 4.98. The number of hydrogen-bond donors (Lipinski definition) is 1. The summed E-state index contributed by atoms with van der Waals surface area (Å²) in [6, 6.07) is 1.46. The Bertz CT molecular complexity index is 561. The molecule has 2 rings (SSSR count). The molecule has 1 aliphatic rings. The smallest absolute Gasteiger partial charge is 0.340 e. The van der Waals surface area contributed by atoms with Crippen molar-refractivity contribution in [1.29, 1.82) is 0 Å². The number of rotatable bonds is 4. The maximum Gasteiger partial charge on any atom is 0.340 e. The molecule has 1 saturated carbocycles. The van der Waals surface area contributed by atoms with Crippen LogP contribution in [0.3, 0.4) is 0 Å². The molecule has 7 heteroatoms. The summed E-state index contributed by atoms with van der Waals surface area (Å²) in [6.07, 6.45) is 0.773. The van der Waals surface area contributed by atoms with Crippen molar-refractivity contribution in [3.63, 3.8) is 0 Å². The highest BCUT2D eigenvalue weighted by molar-refractivity contribution is 6.33. The Morgan fingerprint density at radius 1 is 1.35 bits per heavy atom. The summed E-state index contributed by atoms with van der Waals surface area (Å²) in [7, 11) is 0. The lowest BCUT2D eigenvalue weighted by atomic mass is 10.2. The second kappa shape index (κ2) is 5.75. The zero-order valence-electron chi connectivity index (χ0n) is 10.6. The van der Waals surface area contributed by atoms with Crippen molar-refractivity contribution >= 4 is 23.5 Å². The maximum atomic E-state index is 13.1. The number of carbonyl (C=O) groups is 2. The molecule has 0 bridgehead atoms. The molecular weight excluding hydrogens is 292 g/mol. The molecule has 20 heavy (non-hydrogen) atoms. The van der Waals surface area contributed by atoms with Crippen molar-refractivity contribution in [3.05, 3.63) is 34.4 Å². The fraction of sp³-hybridized carbons (Fsp3) is 0.385. The normalized spacial score (nSPS) is 15.6. The van der Waals surface area contributed by atoms with Gasteiger partial charge in [0.15, 0.2) is 17.7 Å². The third kappa shape index (κ3) is 3.45. The number of esters is 1. The van der Waals surface area contributed by atoms with Gasteiger partial charge in [-0.3, -0.25) is 4.79 Å². The summed E-state index contributed by atoms with van der Waals surface area (Å²) in [6.45, 7) is 1.39. The Balaban J connectivity index is 2.03. The van der Waals surface area contributed by atoms with Gasteiger partial charge < -0.3 is 10.1 Å². The molecule has 1 atom stereocenters. The molecule has 0 spiro atoms. The highest BCUT2D eigenvalue weighted by Gasteiger charge is 2.28. The Morgan fingerprint density at radius 3 is 2.55 bits per heavy atom. The number of benzene rings is 1. The van der Waals surface area contributed by atoms with E-state index in [0.29, 0.717) is 12.1 Å². The number of nitrogens with one attached hydrogen (secondary N) is 1. The first-order chi connectivity index (χ1) is 9.38. The zero-order valence-corrected chi connectivity index (χ0v) is 11.3. The third-order valence-electron chi connectivity index (χ3n) is 2.81. The van der Waals surface area contributed by atoms with Crippen molar-refractivity contribution in [2.24, 2.45) is 0 Å². The van der Waals surface area contributed by atoms with Gasteiger partial charge in [-0.05, 0) is 31.9 Å². The Kier molecular flexibility index (Phi) is 4.23. The van der Waals surface area contributed by atoms with Crippen LogP contribution in [-0.2, 0) is 9.53 Å². The van der Waals surface area contributed by atoms with Crippen LogP contribution in [0.4, 0.5) is 8.78 Å². The van der Waals surface area contributed by atoms with E-state index in [0.717, 1.165) is 12.8 Å². The van der Waals surface area contributed by atoms with Crippen LogP contribution in [0.2, 0.25) is 5.02 Å². The lowest BCUT2D eigenvalue weighted by molar-refractivity contribution is -0.129. The molecule has 4 nitrogen and oxygen atoms in total. The van der Waals surface area contributed by atoms with Crippen molar-refractivity contribution < 1.29 is 23.1 Å². The van der Waals surface area contributed by atoms with Gasteiger partial charge in [-0.25, -0.2) is 13.6 Å². The van der Waals surface area contributed by atoms with E-state index in [-0.39, 0.29) is 16.6 Å². The molecule has 1 amide bonds. The van der Waals surface area contributed by atoms with Gasteiger partial charge in [0, 0.05) is 6.04 Å². The summed E-state index contributed by atoms with van der Waals surface area (Å²) >= 11 is 5.65. The SMILES string of the molecule is C[C@H](OC(=O)c1cc(F)c(F)cc1Cl)C(=O)NC1CC1. The Labute approximate surface area is 119 Å². The molecule has 1 aromatic rings. The summed E-state index contributed by atoms with van der Waals surface area (Å²) in [5.41, 5.74) is -0.323. The lowest BCUT2D eigenvalue weighted by Crippen LogP contribution is -2.37. The van der Waals surface area contributed by atoms with Crippen LogP contribution < -0.4 is 5.32 Å². The number of ether oxygens (including phenoxy) is 1. The highest BCUT2D eigenvalue weighted by atomic mass is 35.5. The highest BCUT2D eigenvalue weighted by Crippen LogP contribution is 2.22. The average molecular weight is 304 g/mol. The number of carbonyl (C=O) groups excluding carboxylic acids is 2. The summed E-state index contributed by atoms with van der Waals surface area (Å²) in [5.74, 6) is -3.78. The standard InChI is InChI=1S/C13H12ClF2NO3/c1-6(12(18)17-7-2-3-7)20-13(19)8-4-10(15)11(16)5-9(8)14/h4-7H,2-3H2,1H3,(H,17,18)/t6-/m0/s1. The molecule has 0 unspecified atom stereocenters. The van der Waals surface area contributed by atoms with Gasteiger partial charge in [0.25, 0.3) is 5.91 Å². The van der Waals surface area contributed by atoms with Gasteiger partial charge in [0.2, 0.25) is 0 Å². The molecular formula is C13H12ClF2NO3. The van der Waals surface area contributed by atoms with Crippen molar-refractivity contribution in [3.8, 4) is 0 Å². The van der Waals surface area contributed by atoms with E-state index < -0.39 is 29.6 Å². The minimum atomic E-state index is -1.21. The largest absolute Gasteiger partial charge is 0.449 e. The summed E-state index contributed by atoms with van der Waals surface area (Å²) in [5, 5.41) is 2.39. The van der Waals surface area contributed by atoms with Gasteiger partial charge >= 0.3 is 5.97 Å². The number of halogens is 3. The van der Waals surface area contributed by atoms with Crippen molar-refractivity contribution in [2.45, 2.75) is 31.9 Å². The van der Waals surface area contributed by atoms with E-state index >= 15 is 0 Å². The summed E-state index contributed by atoms with van der Waals surface area (Å²) < 4.78 is 30.8. The predicted molar refractivity (Wildman–Crippen MR) is 67.4 cm³/mol. The lowest BCUT2D eigenvalue weighted by Gasteiger charge is -2.13. The molecule has 0 heterocycles. The third-order valence-corrected chi connectivity index (χ3v) is 3.12. The van der Waals surface area contributed by atoms with Gasteiger partial charge in [0.05, 0.1) is 10.6 Å². The van der Waals surface area contributed by atoms with Crippen LogP contribution in [0.25, 0.3) is 0 Å². The quantitative estimate of drug-likeness (QED) is 0.686. The van der Waals surface area contributed by atoms with E-state index in [9.17, 15) is 18.4 Å². The Hall–Kier alpha value is -1.69. The fourth-order valence-electron chi connectivity index (χ4n) is 1.50. The maximum absolute atomic E-state index is 13.1. The second-order valence-electron chi connectivity index (χ2n) is 4.58. The first kappa shape index (κ1) is 14.7. The van der Waals surface area contributed by atoms with Crippen molar-refractivity contribution in [2.75, 3.05) is 0 Å². The van der Waals surface area contributed by atoms with Gasteiger partial charge in [0.1, 0.15) is 0 Å². The minimum Gasteiger partial charge on any atom is -0.449 e. The van der Waals surface area contributed by atoms with Gasteiger partial charge in [-0.15, -0.1) is 0 Å². The monoisotopic (exact) mass is 303 g/mol. The Morgan fingerprint density at radius 2 is 1.95 bits per heavy atom. The molecule has 1 N–H and O–H groups in total. The molecule has 0 radical (unpaired) electrons. The molecule has 0 aliphatic heterocycles. The topological polar surface area (TPSA) is 55.4 Å². The van der Waals surface area contributed by atoms with Crippen LogP contribution in [0.5, 0.6) is 0 Å². The molecule has 0 aromatic heterocycles. The molecule has 1 aromatic carbocycles. The molecule has 108 valence electrons. The van der Waals surface area contributed by atoms with E-state index in [4.69, 9.17) is 16.3 Å². The van der Waals surface area contributed by atoms with Gasteiger partial charge in [-0.2, -0.15) is 0 Å². The van der Waals surface area contributed by atoms with Crippen LogP contribution in [-0.4, -0.2) is 24.0 Å². The van der Waals surface area contributed by atoms with Crippen LogP contribution >= 0.6 is 11.6 Å². The van der Waals surface area contributed by atoms with E-state index in [1.165, 1.54) is 6.92 Å². The fourth-order valence-corrected chi connectivity index (χ4v) is 1.73. The van der Waals surface area contributed by atoms with E-state index in [2.05, 4.69) is 5.32 Å². The number of amides is 1. The minimum absolute atomic E-state index is 0.135. The van der Waals surface area contributed by atoms with Gasteiger partial charge in [-0.1, -0.05) is 11.6 Å². The molecule has 1 fully saturated rings. The predicted octanol–water partition coefficient (Wildman–Crippen LogP) is 2.44. The van der Waals surface area contributed by atoms with Crippen LogP contribution in [0, 0.1) is 11.6 Å². The van der Waals surface area contributed by atoms with E-state index in [1.807, 2.05) is 0 Å². The zero-order chi connectivity index (χ0) is 14.9. The summed E-state index contributed by atoms with van der Waals surface area (Å²) in [4.78, 5) is 23.4. The molecule has 1 aliphatic carbocycles. The van der Waals surface area contributed by atoms with Crippen LogP contribution in [0.1, 0.15) is 30.1 Å². The van der Waals surface area contributed by atoms with Crippen molar-refractivity contribution in [1.82, 2.24) is 5.32 Å². The number of hydrogen-bond acceptors (Lipinski definition) is 3. The van der Waals surface area contributed by atoms with Crippen LogP contribution in [0.15, 0.2) is 12.1 Å².